The van der Waals surface area contributed by atoms with E-state index in [1.165, 1.54) is 0 Å². The molecule has 0 aliphatic heterocycles. The van der Waals surface area contributed by atoms with Gasteiger partial charge in [-0.25, -0.2) is 4.98 Å². The molecule has 0 saturated carbocycles. The fourth-order valence-corrected chi connectivity index (χ4v) is 1.57. The quantitative estimate of drug-likeness (QED) is 0.793. The molecule has 1 amide bonds. The Morgan fingerprint density at radius 1 is 1.50 bits per heavy atom. The third-order valence-corrected chi connectivity index (χ3v) is 2.54. The first-order valence-corrected chi connectivity index (χ1v) is 6.05. The topological polar surface area (TPSA) is 77.2 Å². The Labute approximate surface area is 108 Å². The normalized spacial score (nSPS) is 12.3. The molecule has 0 radical (unpaired) electrons. The molecular formula is C13H21N3O2. The summed E-state index contributed by atoms with van der Waals surface area (Å²) in [6, 6.07) is 3.17. The fraction of sp³-hybridized carbons (Fsp3) is 0.538. The van der Waals surface area contributed by atoms with Crippen LogP contribution < -0.4 is 15.8 Å². The van der Waals surface area contributed by atoms with E-state index in [0.717, 1.165) is 5.56 Å². The molecule has 0 saturated heterocycles. The van der Waals surface area contributed by atoms with Crippen molar-refractivity contribution in [1.82, 2.24) is 10.3 Å². The summed E-state index contributed by atoms with van der Waals surface area (Å²) in [7, 11) is 1.56. The van der Waals surface area contributed by atoms with Crippen LogP contribution in [-0.2, 0) is 11.3 Å². The Bertz CT molecular complexity index is 376. The zero-order valence-corrected chi connectivity index (χ0v) is 11.1. The van der Waals surface area contributed by atoms with Crippen molar-refractivity contribution >= 4 is 5.91 Å². The Morgan fingerprint density at radius 3 is 2.72 bits per heavy atom. The van der Waals surface area contributed by atoms with Gasteiger partial charge in [-0.2, -0.15) is 0 Å². The molecule has 18 heavy (non-hydrogen) atoms. The van der Waals surface area contributed by atoms with Crippen molar-refractivity contribution < 1.29 is 9.53 Å². The molecule has 1 rings (SSSR count). The zero-order chi connectivity index (χ0) is 13.5. The Balaban J connectivity index is 2.41. The van der Waals surface area contributed by atoms with Gasteiger partial charge >= 0.3 is 0 Å². The van der Waals surface area contributed by atoms with E-state index in [9.17, 15) is 4.79 Å². The van der Waals surface area contributed by atoms with Gasteiger partial charge in [0.1, 0.15) is 0 Å². The van der Waals surface area contributed by atoms with Crippen molar-refractivity contribution in [3.8, 4) is 5.88 Å². The largest absolute Gasteiger partial charge is 0.481 e. The first kappa shape index (κ1) is 14.4. The Morgan fingerprint density at radius 2 is 2.22 bits per heavy atom. The van der Waals surface area contributed by atoms with Crippen LogP contribution in [0, 0.1) is 5.92 Å². The second-order valence-corrected chi connectivity index (χ2v) is 4.66. The average Bonchev–Trinajstić information content (AvgIpc) is 2.35. The number of nitrogens with two attached hydrogens (primary N) is 1. The molecule has 0 aliphatic rings. The van der Waals surface area contributed by atoms with Crippen LogP contribution in [-0.4, -0.2) is 24.0 Å². The summed E-state index contributed by atoms with van der Waals surface area (Å²) < 4.78 is 4.96. The highest BCUT2D eigenvalue weighted by atomic mass is 16.5. The number of amides is 1. The number of ether oxygens (including phenoxy) is 1. The van der Waals surface area contributed by atoms with Crippen molar-refractivity contribution in [2.75, 3.05) is 7.11 Å². The number of hydrogen-bond acceptors (Lipinski definition) is 4. The van der Waals surface area contributed by atoms with Gasteiger partial charge < -0.3 is 15.8 Å². The summed E-state index contributed by atoms with van der Waals surface area (Å²) in [4.78, 5) is 15.8. The monoisotopic (exact) mass is 251 g/mol. The van der Waals surface area contributed by atoms with E-state index in [1.807, 2.05) is 19.9 Å². The van der Waals surface area contributed by atoms with E-state index >= 15 is 0 Å². The van der Waals surface area contributed by atoms with Crippen LogP contribution in [0.25, 0.3) is 0 Å². The first-order valence-electron chi connectivity index (χ1n) is 6.05. The summed E-state index contributed by atoms with van der Waals surface area (Å²) in [5.41, 5.74) is 6.70. The minimum absolute atomic E-state index is 0.125. The summed E-state index contributed by atoms with van der Waals surface area (Å²) in [5.74, 6) is 0.842. The van der Waals surface area contributed by atoms with Crippen LogP contribution in [0.4, 0.5) is 0 Å². The summed E-state index contributed by atoms with van der Waals surface area (Å²) in [6.45, 7) is 4.52. The molecule has 0 aromatic carbocycles. The lowest BCUT2D eigenvalue weighted by atomic mass is 10.0. The maximum absolute atomic E-state index is 11.7. The molecule has 1 atom stereocenters. The summed E-state index contributed by atoms with van der Waals surface area (Å²) >= 11 is 0. The predicted octanol–water partition coefficient (Wildman–Crippen LogP) is 1.08. The highest BCUT2D eigenvalue weighted by molar-refractivity contribution is 5.81. The molecule has 3 N–H and O–H groups in total. The van der Waals surface area contributed by atoms with Crippen LogP contribution in [0.5, 0.6) is 5.88 Å². The molecule has 0 spiro atoms. The van der Waals surface area contributed by atoms with Gasteiger partial charge in [-0.05, 0) is 17.9 Å². The number of aromatic nitrogens is 1. The molecule has 0 fully saturated rings. The van der Waals surface area contributed by atoms with E-state index in [0.29, 0.717) is 24.8 Å². The summed E-state index contributed by atoms with van der Waals surface area (Å²) in [6.07, 6.45) is 2.36. The van der Waals surface area contributed by atoms with Gasteiger partial charge in [0.15, 0.2) is 0 Å². The zero-order valence-electron chi connectivity index (χ0n) is 11.1. The molecule has 1 unspecified atom stereocenters. The summed E-state index contributed by atoms with van der Waals surface area (Å²) in [5, 5.41) is 2.80. The van der Waals surface area contributed by atoms with Crippen molar-refractivity contribution in [2.45, 2.75) is 32.9 Å². The Hall–Kier alpha value is -1.62. The number of nitrogens with one attached hydrogen (secondary N) is 1. The van der Waals surface area contributed by atoms with Crippen LogP contribution in [0.15, 0.2) is 18.3 Å². The van der Waals surface area contributed by atoms with Crippen molar-refractivity contribution in [1.29, 1.82) is 0 Å². The van der Waals surface area contributed by atoms with E-state index in [2.05, 4.69) is 10.3 Å². The maximum atomic E-state index is 11.7. The third-order valence-electron chi connectivity index (χ3n) is 2.54. The SMILES string of the molecule is COc1ccc(CNC(=O)C(N)CC(C)C)cn1. The van der Waals surface area contributed by atoms with Crippen LogP contribution >= 0.6 is 0 Å². The van der Waals surface area contributed by atoms with Crippen LogP contribution in [0.3, 0.4) is 0 Å². The van der Waals surface area contributed by atoms with Gasteiger partial charge in [-0.3, -0.25) is 4.79 Å². The molecule has 1 aromatic rings. The van der Waals surface area contributed by atoms with Crippen LogP contribution in [0.2, 0.25) is 0 Å². The highest BCUT2D eigenvalue weighted by Gasteiger charge is 2.14. The second-order valence-electron chi connectivity index (χ2n) is 4.66. The smallest absolute Gasteiger partial charge is 0.237 e. The fourth-order valence-electron chi connectivity index (χ4n) is 1.57. The molecule has 5 nitrogen and oxygen atoms in total. The van der Waals surface area contributed by atoms with Crippen molar-refractivity contribution in [3.63, 3.8) is 0 Å². The minimum Gasteiger partial charge on any atom is -0.481 e. The molecule has 1 heterocycles. The van der Waals surface area contributed by atoms with Gasteiger partial charge in [0, 0.05) is 18.8 Å². The number of methoxy groups -OCH3 is 1. The Kier molecular flexibility index (Phi) is 5.58. The molecule has 0 bridgehead atoms. The average molecular weight is 251 g/mol. The van der Waals surface area contributed by atoms with Crippen molar-refractivity contribution in [3.05, 3.63) is 23.9 Å². The van der Waals surface area contributed by atoms with Crippen molar-refractivity contribution in [2.24, 2.45) is 11.7 Å². The van der Waals surface area contributed by atoms with Gasteiger partial charge in [-0.15, -0.1) is 0 Å². The number of pyridine rings is 1. The lowest BCUT2D eigenvalue weighted by Gasteiger charge is -2.14. The molecule has 5 heteroatoms. The number of nitrogens with zero attached hydrogens (tertiary/aromatic N) is 1. The van der Waals surface area contributed by atoms with E-state index < -0.39 is 6.04 Å². The first-order chi connectivity index (χ1) is 8.52. The lowest BCUT2D eigenvalue weighted by molar-refractivity contribution is -0.122. The lowest BCUT2D eigenvalue weighted by Crippen LogP contribution is -2.41. The number of carbonyl (C=O) groups excluding carboxylic acids is 1. The third kappa shape index (κ3) is 4.71. The highest BCUT2D eigenvalue weighted by Crippen LogP contribution is 2.07. The van der Waals surface area contributed by atoms with E-state index in [-0.39, 0.29) is 5.91 Å². The molecular weight excluding hydrogens is 230 g/mol. The van der Waals surface area contributed by atoms with E-state index in [1.54, 1.807) is 19.4 Å². The minimum atomic E-state index is -0.448. The molecule has 0 aliphatic carbocycles. The molecule has 1 aromatic heterocycles. The number of carbonyl (C=O) groups is 1. The number of hydrogen-bond donors (Lipinski definition) is 2. The second kappa shape index (κ2) is 6.96. The van der Waals surface area contributed by atoms with Gasteiger partial charge in [-0.1, -0.05) is 19.9 Å². The van der Waals surface area contributed by atoms with Gasteiger partial charge in [0.2, 0.25) is 11.8 Å². The maximum Gasteiger partial charge on any atom is 0.237 e. The van der Waals surface area contributed by atoms with Crippen LogP contribution in [0.1, 0.15) is 25.8 Å². The van der Waals surface area contributed by atoms with Gasteiger partial charge in [0.25, 0.3) is 0 Å². The van der Waals surface area contributed by atoms with E-state index in [4.69, 9.17) is 10.5 Å². The predicted molar refractivity (Wildman–Crippen MR) is 70.1 cm³/mol. The standard InChI is InChI=1S/C13H21N3O2/c1-9(2)6-11(14)13(17)16-8-10-4-5-12(18-3)15-7-10/h4-5,7,9,11H,6,8,14H2,1-3H3,(H,16,17). The van der Waals surface area contributed by atoms with Gasteiger partial charge in [0.05, 0.1) is 13.2 Å². The number of rotatable bonds is 6. The molecule has 100 valence electrons.